The van der Waals surface area contributed by atoms with Gasteiger partial charge in [0.05, 0.1) is 0 Å². The molecule has 1 aliphatic rings. The van der Waals surface area contributed by atoms with Gasteiger partial charge in [0.15, 0.2) is 0 Å². The number of aryl methyl sites for hydroxylation is 2. The molecule has 3 nitrogen and oxygen atoms in total. The molecule has 1 fully saturated rings. The average molecular weight is 287 g/mol. The summed E-state index contributed by atoms with van der Waals surface area (Å²) in [6.45, 7) is 3.16. The van der Waals surface area contributed by atoms with E-state index in [4.69, 9.17) is 0 Å². The lowest BCUT2D eigenvalue weighted by atomic mass is 9.96. The van der Waals surface area contributed by atoms with Crippen LogP contribution in [0.3, 0.4) is 0 Å². The molecule has 1 aliphatic heterocycles. The third-order valence-corrected chi connectivity index (χ3v) is 4.87. The van der Waals surface area contributed by atoms with Gasteiger partial charge >= 0.3 is 0 Å². The van der Waals surface area contributed by atoms with Gasteiger partial charge in [-0.05, 0) is 44.6 Å². The second-order valence-corrected chi connectivity index (χ2v) is 6.63. The summed E-state index contributed by atoms with van der Waals surface area (Å²) in [7, 11) is 0. The summed E-state index contributed by atoms with van der Waals surface area (Å²) in [6, 6.07) is 11.4. The molecule has 0 N–H and O–H groups in total. The third-order valence-electron chi connectivity index (χ3n) is 4.00. The second-order valence-electron chi connectivity index (χ2n) is 5.47. The van der Waals surface area contributed by atoms with Gasteiger partial charge in [0, 0.05) is 12.6 Å². The number of piperidine rings is 1. The predicted octanol–water partition coefficient (Wildman–Crippen LogP) is 3.84. The van der Waals surface area contributed by atoms with Crippen LogP contribution in [-0.4, -0.2) is 22.8 Å². The van der Waals surface area contributed by atoms with E-state index >= 15 is 0 Å². The van der Waals surface area contributed by atoms with Crippen LogP contribution < -0.4 is 4.90 Å². The van der Waals surface area contributed by atoms with Crippen LogP contribution in [0.15, 0.2) is 30.3 Å². The van der Waals surface area contributed by atoms with E-state index in [0.29, 0.717) is 6.04 Å². The maximum Gasteiger partial charge on any atom is 0.208 e. The Morgan fingerprint density at radius 3 is 2.80 bits per heavy atom. The zero-order valence-corrected chi connectivity index (χ0v) is 12.8. The van der Waals surface area contributed by atoms with Crippen molar-refractivity contribution in [3.63, 3.8) is 0 Å². The summed E-state index contributed by atoms with van der Waals surface area (Å²) in [6.07, 6.45) is 6.27. The van der Waals surface area contributed by atoms with E-state index in [1.165, 1.54) is 31.2 Å². The first kappa shape index (κ1) is 13.6. The van der Waals surface area contributed by atoms with Crippen molar-refractivity contribution in [3.05, 3.63) is 40.9 Å². The van der Waals surface area contributed by atoms with Crippen LogP contribution in [0.5, 0.6) is 0 Å². The molecule has 0 saturated carbocycles. The van der Waals surface area contributed by atoms with Crippen molar-refractivity contribution in [2.24, 2.45) is 0 Å². The molecule has 20 heavy (non-hydrogen) atoms. The van der Waals surface area contributed by atoms with Gasteiger partial charge in [-0.25, -0.2) is 0 Å². The van der Waals surface area contributed by atoms with Crippen LogP contribution in [0, 0.1) is 6.92 Å². The molecule has 2 heterocycles. The summed E-state index contributed by atoms with van der Waals surface area (Å²) in [5, 5.41) is 10.7. The zero-order valence-electron chi connectivity index (χ0n) is 12.0. The zero-order chi connectivity index (χ0) is 13.8. The normalized spacial score (nSPS) is 19.2. The largest absolute Gasteiger partial charge is 0.344 e. The van der Waals surface area contributed by atoms with Crippen LogP contribution in [0.25, 0.3) is 0 Å². The fourth-order valence-electron chi connectivity index (χ4n) is 2.93. The molecular weight excluding hydrogens is 266 g/mol. The Morgan fingerprint density at radius 1 is 1.20 bits per heavy atom. The molecule has 1 unspecified atom stereocenters. The Hall–Kier alpha value is -1.42. The van der Waals surface area contributed by atoms with E-state index in [0.717, 1.165) is 23.1 Å². The number of hydrogen-bond acceptors (Lipinski definition) is 4. The lowest BCUT2D eigenvalue weighted by Crippen LogP contribution is -2.39. The van der Waals surface area contributed by atoms with Gasteiger partial charge < -0.3 is 4.90 Å². The molecule has 3 rings (SSSR count). The highest BCUT2D eigenvalue weighted by molar-refractivity contribution is 7.15. The molecule has 4 heteroatoms. The Kier molecular flexibility index (Phi) is 4.31. The highest BCUT2D eigenvalue weighted by Gasteiger charge is 2.24. The molecule has 1 aromatic heterocycles. The minimum Gasteiger partial charge on any atom is -0.344 e. The molecule has 1 atom stereocenters. The summed E-state index contributed by atoms with van der Waals surface area (Å²) in [5.74, 6) is 0. The van der Waals surface area contributed by atoms with Crippen LogP contribution in [0.1, 0.15) is 36.3 Å². The standard InChI is InChI=1S/C16H21N3S/c1-13-17-18-16(20-13)19-12-6-5-9-15(19)11-10-14-7-3-2-4-8-14/h2-4,7-8,15H,5-6,9-12H2,1H3. The van der Waals surface area contributed by atoms with Gasteiger partial charge in [0.25, 0.3) is 0 Å². The summed E-state index contributed by atoms with van der Waals surface area (Å²) in [5.41, 5.74) is 1.44. The van der Waals surface area contributed by atoms with E-state index in [1.807, 2.05) is 6.92 Å². The number of rotatable bonds is 4. The number of hydrogen-bond donors (Lipinski definition) is 0. The van der Waals surface area contributed by atoms with Crippen molar-refractivity contribution in [2.75, 3.05) is 11.4 Å². The molecule has 1 saturated heterocycles. The number of anilines is 1. The van der Waals surface area contributed by atoms with Crippen molar-refractivity contribution in [3.8, 4) is 0 Å². The summed E-state index contributed by atoms with van der Waals surface area (Å²) >= 11 is 1.72. The molecule has 0 amide bonds. The fourth-order valence-corrected chi connectivity index (χ4v) is 3.72. The van der Waals surface area contributed by atoms with Crippen LogP contribution in [0.4, 0.5) is 5.13 Å². The second kappa shape index (κ2) is 6.35. The molecule has 1 aromatic carbocycles. The van der Waals surface area contributed by atoms with Crippen molar-refractivity contribution in [2.45, 2.75) is 45.1 Å². The molecular formula is C16H21N3S. The topological polar surface area (TPSA) is 29.0 Å². The maximum absolute atomic E-state index is 4.34. The van der Waals surface area contributed by atoms with Crippen molar-refractivity contribution < 1.29 is 0 Å². The lowest BCUT2D eigenvalue weighted by Gasteiger charge is -2.35. The first-order valence-corrected chi connectivity index (χ1v) is 8.25. The minimum atomic E-state index is 0.622. The molecule has 0 radical (unpaired) electrons. The van der Waals surface area contributed by atoms with Crippen molar-refractivity contribution in [1.82, 2.24) is 10.2 Å². The predicted molar refractivity (Wildman–Crippen MR) is 84.4 cm³/mol. The number of benzene rings is 1. The Labute approximate surface area is 124 Å². The Bertz CT molecular complexity index is 538. The van der Waals surface area contributed by atoms with Gasteiger partial charge in [0.1, 0.15) is 5.01 Å². The molecule has 106 valence electrons. The smallest absolute Gasteiger partial charge is 0.208 e. The SMILES string of the molecule is Cc1nnc(N2CCCCC2CCc2ccccc2)s1. The van der Waals surface area contributed by atoms with Crippen LogP contribution in [0.2, 0.25) is 0 Å². The summed E-state index contributed by atoms with van der Waals surface area (Å²) in [4.78, 5) is 2.48. The Morgan fingerprint density at radius 2 is 2.05 bits per heavy atom. The third kappa shape index (κ3) is 3.18. The first-order valence-electron chi connectivity index (χ1n) is 7.43. The fraction of sp³-hybridized carbons (Fsp3) is 0.500. The van der Waals surface area contributed by atoms with Crippen LogP contribution >= 0.6 is 11.3 Å². The van der Waals surface area contributed by atoms with Gasteiger partial charge in [-0.3, -0.25) is 0 Å². The van der Waals surface area contributed by atoms with Gasteiger partial charge in [0.2, 0.25) is 5.13 Å². The first-order chi connectivity index (χ1) is 9.83. The van der Waals surface area contributed by atoms with Crippen molar-refractivity contribution >= 4 is 16.5 Å². The van der Waals surface area contributed by atoms with E-state index in [9.17, 15) is 0 Å². The van der Waals surface area contributed by atoms with Gasteiger partial charge in [-0.2, -0.15) is 0 Å². The van der Waals surface area contributed by atoms with E-state index in [-0.39, 0.29) is 0 Å². The van der Waals surface area contributed by atoms with Crippen molar-refractivity contribution in [1.29, 1.82) is 0 Å². The monoisotopic (exact) mass is 287 g/mol. The molecule has 0 aliphatic carbocycles. The molecule has 0 spiro atoms. The van der Waals surface area contributed by atoms with Crippen LogP contribution in [-0.2, 0) is 6.42 Å². The lowest BCUT2D eigenvalue weighted by molar-refractivity contribution is 0.437. The minimum absolute atomic E-state index is 0.622. The van der Waals surface area contributed by atoms with E-state index < -0.39 is 0 Å². The Balaban J connectivity index is 1.66. The summed E-state index contributed by atoms with van der Waals surface area (Å²) < 4.78 is 0. The number of aromatic nitrogens is 2. The van der Waals surface area contributed by atoms with E-state index in [1.54, 1.807) is 11.3 Å². The van der Waals surface area contributed by atoms with E-state index in [2.05, 4.69) is 45.4 Å². The maximum atomic E-state index is 4.34. The molecule has 2 aromatic rings. The highest BCUT2D eigenvalue weighted by atomic mass is 32.1. The quantitative estimate of drug-likeness (QED) is 0.855. The highest BCUT2D eigenvalue weighted by Crippen LogP contribution is 2.29. The number of nitrogens with zero attached hydrogens (tertiary/aromatic N) is 3. The van der Waals surface area contributed by atoms with Gasteiger partial charge in [-0.1, -0.05) is 41.7 Å². The average Bonchev–Trinajstić information content (AvgIpc) is 2.93. The molecule has 0 bridgehead atoms. The van der Waals surface area contributed by atoms with Gasteiger partial charge in [-0.15, -0.1) is 10.2 Å².